The molecule has 0 bridgehead atoms. The van der Waals surface area contributed by atoms with Crippen LogP contribution in [-0.2, 0) is 10.2 Å². The molecule has 1 N–H and O–H groups in total. The van der Waals surface area contributed by atoms with Crippen molar-refractivity contribution in [2.75, 3.05) is 20.2 Å². The molecule has 2 heterocycles. The summed E-state index contributed by atoms with van der Waals surface area (Å²) in [5.74, 6) is -0.0190. The third-order valence-corrected chi connectivity index (χ3v) is 5.76. The molecule has 1 aliphatic carbocycles. The minimum Gasteiger partial charge on any atom is -0.496 e. The molecular weight excluding hydrogens is 346 g/mol. The van der Waals surface area contributed by atoms with E-state index in [9.17, 15) is 9.59 Å². The van der Waals surface area contributed by atoms with Crippen molar-refractivity contribution in [3.8, 4) is 5.75 Å². The van der Waals surface area contributed by atoms with E-state index in [1.165, 1.54) is 6.20 Å². The van der Waals surface area contributed by atoms with Crippen LogP contribution < -0.4 is 4.74 Å². The molecule has 1 aromatic carbocycles. The fraction of sp³-hybridized carbons (Fsp3) is 0.450. The van der Waals surface area contributed by atoms with Crippen molar-refractivity contribution in [2.24, 2.45) is 0 Å². The molecule has 142 valence electrons. The Balaban J connectivity index is 1.45. The average Bonchev–Trinajstić information content (AvgIpc) is 3.35. The predicted octanol–water partition coefficient (Wildman–Crippen LogP) is 2.49. The smallest absolute Gasteiger partial charge is 0.338 e. The zero-order chi connectivity index (χ0) is 19.0. The third kappa shape index (κ3) is 3.07. The number of aromatic carboxylic acids is 1. The van der Waals surface area contributed by atoms with Crippen molar-refractivity contribution in [3.63, 3.8) is 0 Å². The average molecular weight is 369 g/mol. The van der Waals surface area contributed by atoms with Gasteiger partial charge in [0.15, 0.2) is 0 Å². The first kappa shape index (κ1) is 17.6. The van der Waals surface area contributed by atoms with E-state index in [2.05, 4.69) is 5.10 Å². The summed E-state index contributed by atoms with van der Waals surface area (Å²) in [4.78, 5) is 26.2. The highest BCUT2D eigenvalue weighted by Gasteiger charge is 2.54. The SMILES string of the molecule is COc1ccccc1C1(C(=O)N2CCC(n3cc(C(=O)O)cn3)CC2)CC1. The van der Waals surface area contributed by atoms with Crippen molar-refractivity contribution in [2.45, 2.75) is 37.1 Å². The Morgan fingerprint density at radius 3 is 2.52 bits per heavy atom. The normalized spacial score (nSPS) is 18.9. The van der Waals surface area contributed by atoms with Gasteiger partial charge in [0.25, 0.3) is 0 Å². The molecule has 7 heteroatoms. The van der Waals surface area contributed by atoms with E-state index in [0.29, 0.717) is 13.1 Å². The fourth-order valence-corrected chi connectivity index (χ4v) is 4.05. The number of carboxylic acids is 1. The number of amides is 1. The van der Waals surface area contributed by atoms with Crippen LogP contribution in [0.15, 0.2) is 36.7 Å². The molecule has 1 saturated heterocycles. The van der Waals surface area contributed by atoms with E-state index in [1.54, 1.807) is 18.0 Å². The van der Waals surface area contributed by atoms with Gasteiger partial charge in [-0.15, -0.1) is 0 Å². The summed E-state index contributed by atoms with van der Waals surface area (Å²) in [6.45, 7) is 1.31. The first-order valence-electron chi connectivity index (χ1n) is 9.25. The van der Waals surface area contributed by atoms with Crippen molar-refractivity contribution in [3.05, 3.63) is 47.8 Å². The van der Waals surface area contributed by atoms with Gasteiger partial charge in [-0.25, -0.2) is 4.79 Å². The molecule has 0 atom stereocenters. The van der Waals surface area contributed by atoms with Gasteiger partial charge in [-0.2, -0.15) is 5.10 Å². The van der Waals surface area contributed by atoms with E-state index >= 15 is 0 Å². The van der Waals surface area contributed by atoms with Crippen LogP contribution >= 0.6 is 0 Å². The van der Waals surface area contributed by atoms with Gasteiger partial charge < -0.3 is 14.7 Å². The maximum absolute atomic E-state index is 13.3. The standard InChI is InChI=1S/C20H23N3O4/c1-27-17-5-3-2-4-16(17)20(8-9-20)19(26)22-10-6-15(7-11-22)23-13-14(12-21-23)18(24)25/h2-5,12-13,15H,6-11H2,1H3,(H,24,25). The summed E-state index contributed by atoms with van der Waals surface area (Å²) in [6, 6.07) is 7.91. The molecule has 1 aliphatic heterocycles. The lowest BCUT2D eigenvalue weighted by Gasteiger charge is -2.35. The number of piperidine rings is 1. The third-order valence-electron chi connectivity index (χ3n) is 5.76. The predicted molar refractivity (Wildman–Crippen MR) is 97.9 cm³/mol. The molecule has 2 aromatic rings. The van der Waals surface area contributed by atoms with Gasteiger partial charge in [0.1, 0.15) is 5.75 Å². The molecule has 1 aromatic heterocycles. The second kappa shape index (κ2) is 6.72. The number of hydrogen-bond acceptors (Lipinski definition) is 4. The summed E-state index contributed by atoms with van der Waals surface area (Å²) in [5, 5.41) is 13.2. The molecule has 2 fully saturated rings. The number of methoxy groups -OCH3 is 1. The zero-order valence-electron chi connectivity index (χ0n) is 15.3. The molecule has 2 aliphatic rings. The highest BCUT2D eigenvalue weighted by Crippen LogP contribution is 2.52. The Hall–Kier alpha value is -2.83. The van der Waals surface area contributed by atoms with Crippen LogP contribution in [0.1, 0.15) is 47.6 Å². The Labute approximate surface area is 157 Å². The molecule has 4 rings (SSSR count). The number of benzene rings is 1. The largest absolute Gasteiger partial charge is 0.496 e. The molecule has 7 nitrogen and oxygen atoms in total. The van der Waals surface area contributed by atoms with E-state index in [0.717, 1.165) is 37.0 Å². The van der Waals surface area contributed by atoms with Gasteiger partial charge in [-0.1, -0.05) is 18.2 Å². The summed E-state index contributed by atoms with van der Waals surface area (Å²) in [5.41, 5.74) is 0.737. The fourth-order valence-electron chi connectivity index (χ4n) is 4.05. The number of ether oxygens (including phenoxy) is 1. The number of carbonyl (C=O) groups is 2. The van der Waals surface area contributed by atoms with E-state index in [-0.39, 0.29) is 17.5 Å². The topological polar surface area (TPSA) is 84.7 Å². The molecule has 0 spiro atoms. The van der Waals surface area contributed by atoms with Gasteiger partial charge in [-0.3, -0.25) is 9.48 Å². The number of aromatic nitrogens is 2. The Morgan fingerprint density at radius 2 is 1.93 bits per heavy atom. The van der Waals surface area contributed by atoms with E-state index in [4.69, 9.17) is 9.84 Å². The first-order valence-corrected chi connectivity index (χ1v) is 9.25. The summed E-state index contributed by atoms with van der Waals surface area (Å²) in [6.07, 6.45) is 6.20. The Kier molecular flexibility index (Phi) is 4.37. The van der Waals surface area contributed by atoms with Crippen LogP contribution in [0.3, 0.4) is 0 Å². The van der Waals surface area contributed by atoms with E-state index < -0.39 is 11.4 Å². The Bertz CT molecular complexity index is 864. The number of nitrogens with zero attached hydrogens (tertiary/aromatic N) is 3. The van der Waals surface area contributed by atoms with Crippen LogP contribution in [-0.4, -0.2) is 51.9 Å². The number of likely N-dealkylation sites (tertiary alicyclic amines) is 1. The second-order valence-electron chi connectivity index (χ2n) is 7.32. The lowest BCUT2D eigenvalue weighted by molar-refractivity contribution is -0.135. The highest BCUT2D eigenvalue weighted by molar-refractivity contribution is 5.92. The molecule has 0 unspecified atom stereocenters. The number of hydrogen-bond donors (Lipinski definition) is 1. The van der Waals surface area contributed by atoms with Crippen LogP contribution in [0.25, 0.3) is 0 Å². The minimum atomic E-state index is -0.971. The van der Waals surface area contributed by atoms with Gasteiger partial charge >= 0.3 is 5.97 Å². The molecule has 1 saturated carbocycles. The Morgan fingerprint density at radius 1 is 1.22 bits per heavy atom. The molecule has 27 heavy (non-hydrogen) atoms. The number of carboxylic acid groups (broad SMARTS) is 1. The molecule has 0 radical (unpaired) electrons. The quantitative estimate of drug-likeness (QED) is 0.875. The van der Waals surface area contributed by atoms with Gasteiger partial charge in [-0.05, 0) is 31.7 Å². The summed E-state index contributed by atoms with van der Waals surface area (Å²) < 4.78 is 7.20. The molecular formula is C20H23N3O4. The van der Waals surface area contributed by atoms with Crippen LogP contribution in [0.2, 0.25) is 0 Å². The van der Waals surface area contributed by atoms with Crippen molar-refractivity contribution >= 4 is 11.9 Å². The second-order valence-corrected chi connectivity index (χ2v) is 7.32. The van der Waals surface area contributed by atoms with Crippen molar-refractivity contribution in [1.29, 1.82) is 0 Å². The lowest BCUT2D eigenvalue weighted by atomic mass is 9.92. The van der Waals surface area contributed by atoms with Gasteiger partial charge in [0.05, 0.1) is 30.3 Å². The maximum Gasteiger partial charge on any atom is 0.338 e. The highest BCUT2D eigenvalue weighted by atomic mass is 16.5. The van der Waals surface area contributed by atoms with Gasteiger partial charge in [0, 0.05) is 24.8 Å². The van der Waals surface area contributed by atoms with E-state index in [1.807, 2.05) is 29.2 Å². The monoisotopic (exact) mass is 369 g/mol. The summed E-state index contributed by atoms with van der Waals surface area (Å²) in [7, 11) is 1.64. The molecule has 1 amide bonds. The zero-order valence-corrected chi connectivity index (χ0v) is 15.3. The van der Waals surface area contributed by atoms with Crippen molar-refractivity contribution < 1.29 is 19.4 Å². The van der Waals surface area contributed by atoms with Crippen LogP contribution in [0.5, 0.6) is 5.75 Å². The minimum absolute atomic E-state index is 0.128. The van der Waals surface area contributed by atoms with Crippen molar-refractivity contribution in [1.82, 2.24) is 14.7 Å². The number of para-hydroxylation sites is 1. The summed E-state index contributed by atoms with van der Waals surface area (Å²) >= 11 is 0. The maximum atomic E-state index is 13.3. The van der Waals surface area contributed by atoms with Gasteiger partial charge in [0.2, 0.25) is 5.91 Å². The van der Waals surface area contributed by atoms with Crippen LogP contribution in [0, 0.1) is 0 Å². The van der Waals surface area contributed by atoms with Crippen LogP contribution in [0.4, 0.5) is 0 Å². The first-order chi connectivity index (χ1) is 13.0. The number of carbonyl (C=O) groups excluding carboxylic acids is 1. The lowest BCUT2D eigenvalue weighted by Crippen LogP contribution is -2.44. The number of rotatable bonds is 5.